The molecule has 0 radical (unpaired) electrons. The van der Waals surface area contributed by atoms with Crippen molar-refractivity contribution in [2.75, 3.05) is 0 Å². The average molecular weight is 502 g/mol. The first kappa shape index (κ1) is 23.1. The Labute approximate surface area is 203 Å². The van der Waals surface area contributed by atoms with Crippen LogP contribution in [0.1, 0.15) is 22.5 Å². The van der Waals surface area contributed by atoms with Crippen molar-refractivity contribution < 1.29 is 14.5 Å². The quantitative estimate of drug-likeness (QED) is 0.225. The predicted octanol–water partition coefficient (Wildman–Crippen LogP) is 6.55. The minimum absolute atomic E-state index is 0.0439. The second-order valence-electron chi connectivity index (χ2n) is 7.45. The lowest BCUT2D eigenvalue weighted by atomic mass is 10.2. The minimum Gasteiger partial charge on any atom is -0.318 e. The van der Waals surface area contributed by atoms with Crippen molar-refractivity contribution in [1.82, 2.24) is 9.47 Å². The van der Waals surface area contributed by atoms with Crippen molar-refractivity contribution in [3.63, 3.8) is 0 Å². The van der Waals surface area contributed by atoms with Crippen molar-refractivity contribution in [3.8, 4) is 5.69 Å². The molecule has 0 atom stereocenters. The fourth-order valence-corrected chi connectivity index (χ4v) is 4.76. The number of carbonyl (C=O) groups excluding carboxylic acids is 2. The van der Waals surface area contributed by atoms with Crippen LogP contribution in [0.25, 0.3) is 11.8 Å². The van der Waals surface area contributed by atoms with E-state index in [4.69, 9.17) is 23.2 Å². The van der Waals surface area contributed by atoms with Crippen LogP contribution in [0.2, 0.25) is 10.0 Å². The van der Waals surface area contributed by atoms with Gasteiger partial charge < -0.3 is 4.57 Å². The topological polar surface area (TPSA) is 85.5 Å². The summed E-state index contributed by atoms with van der Waals surface area (Å²) in [5.41, 5.74) is 4.03. The Bertz CT molecular complexity index is 1330. The van der Waals surface area contributed by atoms with Gasteiger partial charge in [0.2, 0.25) is 0 Å². The van der Waals surface area contributed by atoms with Crippen molar-refractivity contribution >= 4 is 57.9 Å². The second kappa shape index (κ2) is 9.05. The third-order valence-electron chi connectivity index (χ3n) is 5.28. The molecular weight excluding hydrogens is 485 g/mol. The molecule has 0 bridgehead atoms. The Kier molecular flexibility index (Phi) is 6.34. The summed E-state index contributed by atoms with van der Waals surface area (Å²) in [7, 11) is 0. The number of aryl methyl sites for hydroxylation is 1. The molecular formula is C23H17Cl2N3O4S. The van der Waals surface area contributed by atoms with Crippen LogP contribution in [-0.2, 0) is 11.3 Å². The van der Waals surface area contributed by atoms with E-state index in [1.54, 1.807) is 18.2 Å². The van der Waals surface area contributed by atoms with Crippen LogP contribution >= 0.6 is 35.0 Å². The number of non-ortho nitro benzene ring substituents is 1. The minimum atomic E-state index is -0.499. The molecule has 0 unspecified atom stereocenters. The number of halogens is 2. The first-order valence-corrected chi connectivity index (χ1v) is 11.4. The zero-order valence-electron chi connectivity index (χ0n) is 17.5. The van der Waals surface area contributed by atoms with Gasteiger partial charge in [-0.1, -0.05) is 35.3 Å². The molecule has 1 aromatic heterocycles. The van der Waals surface area contributed by atoms with Crippen molar-refractivity contribution in [2.24, 2.45) is 0 Å². The van der Waals surface area contributed by atoms with Crippen molar-refractivity contribution in [2.45, 2.75) is 20.4 Å². The van der Waals surface area contributed by atoms with Crippen LogP contribution in [0, 0.1) is 24.0 Å². The average Bonchev–Trinajstić information content (AvgIpc) is 3.20. The van der Waals surface area contributed by atoms with Gasteiger partial charge in [-0.2, -0.15) is 0 Å². The van der Waals surface area contributed by atoms with Crippen molar-refractivity contribution in [1.29, 1.82) is 0 Å². The number of imide groups is 1. The van der Waals surface area contributed by atoms with Crippen LogP contribution in [0.5, 0.6) is 0 Å². The molecule has 0 N–H and O–H groups in total. The molecule has 3 aromatic rings. The highest BCUT2D eigenvalue weighted by Crippen LogP contribution is 2.35. The summed E-state index contributed by atoms with van der Waals surface area (Å²) in [5, 5.41) is 11.3. The Morgan fingerprint density at radius 2 is 1.73 bits per heavy atom. The maximum absolute atomic E-state index is 12.9. The standard InChI is InChI=1S/C23H17Cl2N3O4S/c1-13-9-16(14(2)27(13)18-7-8-19(24)20(25)11-18)10-21-22(29)26(23(30)33-21)12-15-3-5-17(6-4-15)28(31)32/h3-11H,12H2,1-2H3/b21-10-. The molecule has 4 rings (SSSR count). The van der Waals surface area contributed by atoms with Gasteiger partial charge in [0.25, 0.3) is 16.8 Å². The van der Waals surface area contributed by atoms with Gasteiger partial charge in [-0.15, -0.1) is 0 Å². The third-order valence-corrected chi connectivity index (χ3v) is 6.93. The number of nitrogens with zero attached hydrogens (tertiary/aromatic N) is 3. The first-order chi connectivity index (χ1) is 15.7. The van der Waals surface area contributed by atoms with E-state index in [2.05, 4.69) is 0 Å². The van der Waals surface area contributed by atoms with E-state index >= 15 is 0 Å². The Morgan fingerprint density at radius 3 is 2.36 bits per heavy atom. The number of nitro groups is 1. The van der Waals surface area contributed by atoms with Gasteiger partial charge in [-0.05, 0) is 67.1 Å². The molecule has 1 aliphatic rings. The van der Waals surface area contributed by atoms with Gasteiger partial charge >= 0.3 is 0 Å². The summed E-state index contributed by atoms with van der Waals surface area (Å²) in [4.78, 5) is 37.2. The van der Waals surface area contributed by atoms with Gasteiger partial charge in [0.1, 0.15) is 0 Å². The number of hydrogen-bond donors (Lipinski definition) is 0. The maximum Gasteiger partial charge on any atom is 0.293 e. The molecule has 168 valence electrons. The van der Waals surface area contributed by atoms with Gasteiger partial charge in [0.15, 0.2) is 0 Å². The molecule has 1 saturated heterocycles. The summed E-state index contributed by atoms with van der Waals surface area (Å²) in [6.07, 6.45) is 1.71. The van der Waals surface area contributed by atoms with Crippen LogP contribution in [-0.4, -0.2) is 25.5 Å². The van der Waals surface area contributed by atoms with Gasteiger partial charge in [-0.3, -0.25) is 24.6 Å². The molecule has 0 saturated carbocycles. The van der Waals surface area contributed by atoms with E-state index in [1.165, 1.54) is 24.3 Å². The zero-order valence-corrected chi connectivity index (χ0v) is 19.9. The lowest BCUT2D eigenvalue weighted by Gasteiger charge is -2.12. The first-order valence-electron chi connectivity index (χ1n) is 9.79. The summed E-state index contributed by atoms with van der Waals surface area (Å²) >= 11 is 13.1. The number of thioether (sulfide) groups is 1. The van der Waals surface area contributed by atoms with Crippen LogP contribution < -0.4 is 0 Å². The molecule has 0 spiro atoms. The highest BCUT2D eigenvalue weighted by Gasteiger charge is 2.35. The number of hydrogen-bond acceptors (Lipinski definition) is 5. The predicted molar refractivity (Wildman–Crippen MR) is 130 cm³/mol. The molecule has 1 fully saturated rings. The summed E-state index contributed by atoms with van der Waals surface area (Å²) in [5.74, 6) is -0.400. The number of benzene rings is 2. The van der Waals surface area contributed by atoms with Crippen LogP contribution in [0.15, 0.2) is 53.4 Å². The highest BCUT2D eigenvalue weighted by molar-refractivity contribution is 8.18. The molecule has 2 amide bonds. The van der Waals surface area contributed by atoms with E-state index in [0.717, 1.165) is 39.3 Å². The van der Waals surface area contributed by atoms with Gasteiger partial charge in [0.05, 0.1) is 26.4 Å². The fraction of sp³-hybridized carbons (Fsp3) is 0.130. The maximum atomic E-state index is 12.9. The number of rotatable bonds is 5. The van der Waals surface area contributed by atoms with Gasteiger partial charge in [0, 0.05) is 29.2 Å². The largest absolute Gasteiger partial charge is 0.318 e. The Hall–Kier alpha value is -3.07. The van der Waals surface area contributed by atoms with E-state index in [9.17, 15) is 19.7 Å². The molecule has 2 heterocycles. The van der Waals surface area contributed by atoms with Crippen LogP contribution in [0.4, 0.5) is 10.5 Å². The number of amides is 2. The molecule has 7 nitrogen and oxygen atoms in total. The molecule has 2 aromatic carbocycles. The normalized spacial score (nSPS) is 15.0. The molecule has 33 heavy (non-hydrogen) atoms. The zero-order chi connectivity index (χ0) is 23.9. The molecule has 10 heteroatoms. The van der Waals surface area contributed by atoms with E-state index < -0.39 is 10.8 Å². The summed E-state index contributed by atoms with van der Waals surface area (Å²) in [6.45, 7) is 3.90. The Morgan fingerprint density at radius 1 is 1.03 bits per heavy atom. The molecule has 0 aliphatic carbocycles. The second-order valence-corrected chi connectivity index (χ2v) is 9.26. The lowest BCUT2D eigenvalue weighted by molar-refractivity contribution is -0.384. The number of nitro benzene ring substituents is 1. The third kappa shape index (κ3) is 4.55. The lowest BCUT2D eigenvalue weighted by Crippen LogP contribution is -2.27. The van der Waals surface area contributed by atoms with E-state index in [1.807, 2.05) is 30.5 Å². The summed E-state index contributed by atoms with van der Waals surface area (Å²) < 4.78 is 2.00. The van der Waals surface area contributed by atoms with Crippen molar-refractivity contribution in [3.05, 3.63) is 96.1 Å². The van der Waals surface area contributed by atoms with E-state index in [-0.39, 0.29) is 17.5 Å². The van der Waals surface area contributed by atoms with Crippen LogP contribution in [0.3, 0.4) is 0 Å². The number of carbonyl (C=O) groups is 2. The monoisotopic (exact) mass is 501 g/mol. The Balaban J connectivity index is 1.60. The SMILES string of the molecule is Cc1cc(/C=C2\SC(=O)N(Cc3ccc([N+](=O)[O-])cc3)C2=O)c(C)n1-c1ccc(Cl)c(Cl)c1. The smallest absolute Gasteiger partial charge is 0.293 e. The highest BCUT2D eigenvalue weighted by atomic mass is 35.5. The fourth-order valence-electron chi connectivity index (χ4n) is 3.64. The number of aromatic nitrogens is 1. The van der Waals surface area contributed by atoms with Gasteiger partial charge in [-0.25, -0.2) is 0 Å². The summed E-state index contributed by atoms with van der Waals surface area (Å²) in [6, 6.07) is 13.1. The molecule has 1 aliphatic heterocycles. The van der Waals surface area contributed by atoms with E-state index in [0.29, 0.717) is 20.5 Å².